The Morgan fingerprint density at radius 3 is 2.28 bits per heavy atom. The molecule has 2 aliphatic rings. The van der Waals surface area contributed by atoms with Crippen LogP contribution >= 0.6 is 15.9 Å². The van der Waals surface area contributed by atoms with Crippen LogP contribution in [0.15, 0.2) is 75.1 Å². The smallest absolute Gasteiger partial charge is 0.269 e. The first-order valence-corrected chi connectivity index (χ1v) is 14.3. The number of nitro benzene ring substituents is 1. The highest BCUT2D eigenvalue weighted by Crippen LogP contribution is 2.48. The number of non-ortho nitro benzene ring substituents is 1. The Labute approximate surface area is 215 Å². The van der Waals surface area contributed by atoms with Crippen LogP contribution in [0.2, 0.25) is 0 Å². The summed E-state index contributed by atoms with van der Waals surface area (Å²) in [6, 6.07) is 11.4. The molecule has 14 heteroatoms. The standard InChI is InChI=1S/C22H19BrN4O7S2/c1-14-2-6-18(7-3-14)36(32,33)26-21-19(12-15(23)13-24-21)20-22(26)34-11-10-25(20)35(30,31)17-8-4-16(5-9-17)27(28)29/h2-9,12-13,20,22H,10-11H2,1H3/t20-,22-/m1/s1. The van der Waals surface area contributed by atoms with Crippen molar-refractivity contribution in [1.82, 2.24) is 9.29 Å². The summed E-state index contributed by atoms with van der Waals surface area (Å²) in [5.74, 6) is 0.0691. The predicted octanol–water partition coefficient (Wildman–Crippen LogP) is 3.36. The summed E-state index contributed by atoms with van der Waals surface area (Å²) in [5.41, 5.74) is 0.990. The highest BCUT2D eigenvalue weighted by molar-refractivity contribution is 9.10. The molecule has 0 spiro atoms. The van der Waals surface area contributed by atoms with Gasteiger partial charge in [-0.15, -0.1) is 0 Å². The molecular weight excluding hydrogens is 576 g/mol. The first kappa shape index (κ1) is 24.8. The lowest BCUT2D eigenvalue weighted by Gasteiger charge is -2.38. The summed E-state index contributed by atoms with van der Waals surface area (Å²) in [6.45, 7) is 1.72. The Morgan fingerprint density at radius 2 is 1.64 bits per heavy atom. The molecule has 0 amide bonds. The fourth-order valence-electron chi connectivity index (χ4n) is 4.33. The van der Waals surface area contributed by atoms with Gasteiger partial charge in [0.05, 0.1) is 27.4 Å². The van der Waals surface area contributed by atoms with Gasteiger partial charge in [0, 0.05) is 34.9 Å². The van der Waals surface area contributed by atoms with Crippen molar-refractivity contribution in [3.63, 3.8) is 0 Å². The van der Waals surface area contributed by atoms with Crippen molar-refractivity contribution < 1.29 is 26.5 Å². The number of benzene rings is 2. The van der Waals surface area contributed by atoms with Gasteiger partial charge < -0.3 is 4.74 Å². The monoisotopic (exact) mass is 594 g/mol. The van der Waals surface area contributed by atoms with Crippen LogP contribution in [0.3, 0.4) is 0 Å². The molecular formula is C22H19BrN4O7S2. The van der Waals surface area contributed by atoms with E-state index in [1.54, 1.807) is 18.2 Å². The van der Waals surface area contributed by atoms with Gasteiger partial charge in [0.1, 0.15) is 5.82 Å². The van der Waals surface area contributed by atoms with E-state index in [4.69, 9.17) is 4.74 Å². The highest BCUT2D eigenvalue weighted by atomic mass is 79.9. The zero-order chi connectivity index (χ0) is 25.8. The number of hydrogen-bond donors (Lipinski definition) is 0. The molecule has 1 saturated heterocycles. The molecule has 36 heavy (non-hydrogen) atoms. The van der Waals surface area contributed by atoms with Crippen LogP contribution in [0, 0.1) is 17.0 Å². The van der Waals surface area contributed by atoms with E-state index in [1.165, 1.54) is 22.6 Å². The fraction of sp³-hybridized carbons (Fsp3) is 0.227. The molecule has 3 heterocycles. The SMILES string of the molecule is Cc1ccc(S(=O)(=O)N2c3ncc(Br)cc3[C@@H]3[C@H]2OCCN3S(=O)(=O)c2ccc([N+](=O)[O-])cc2)cc1. The van der Waals surface area contributed by atoms with Crippen LogP contribution in [0.25, 0.3) is 0 Å². The molecule has 2 aromatic carbocycles. The van der Waals surface area contributed by atoms with Crippen LogP contribution in [-0.4, -0.2) is 50.4 Å². The summed E-state index contributed by atoms with van der Waals surface area (Å²) < 4.78 is 63.4. The van der Waals surface area contributed by atoms with Crippen LogP contribution in [-0.2, 0) is 24.8 Å². The highest BCUT2D eigenvalue weighted by Gasteiger charge is 2.54. The van der Waals surface area contributed by atoms with E-state index >= 15 is 0 Å². The largest absolute Gasteiger partial charge is 0.354 e. The van der Waals surface area contributed by atoms with Gasteiger partial charge in [-0.25, -0.2) is 26.1 Å². The molecule has 1 aromatic heterocycles. The van der Waals surface area contributed by atoms with Gasteiger partial charge in [-0.3, -0.25) is 10.1 Å². The lowest BCUT2D eigenvalue weighted by Crippen LogP contribution is -2.52. The number of halogens is 1. The number of sulfonamides is 2. The first-order valence-electron chi connectivity index (χ1n) is 10.7. The summed E-state index contributed by atoms with van der Waals surface area (Å²) in [4.78, 5) is 14.6. The number of aryl methyl sites for hydroxylation is 1. The van der Waals surface area contributed by atoms with E-state index in [-0.39, 0.29) is 34.4 Å². The van der Waals surface area contributed by atoms with E-state index in [1.807, 2.05) is 6.92 Å². The number of nitro groups is 1. The summed E-state index contributed by atoms with van der Waals surface area (Å²) >= 11 is 3.34. The number of anilines is 1. The van der Waals surface area contributed by atoms with Crippen LogP contribution in [0.4, 0.5) is 11.5 Å². The molecule has 188 valence electrons. The minimum atomic E-state index is -4.19. The third-order valence-corrected chi connectivity index (χ3v) is 10.1. The molecule has 0 unspecified atom stereocenters. The van der Waals surface area contributed by atoms with Crippen molar-refractivity contribution in [2.75, 3.05) is 17.5 Å². The van der Waals surface area contributed by atoms with Gasteiger partial charge in [0.2, 0.25) is 10.0 Å². The van der Waals surface area contributed by atoms with Gasteiger partial charge in [0.25, 0.3) is 15.7 Å². The number of nitrogens with zero attached hydrogens (tertiary/aromatic N) is 4. The summed E-state index contributed by atoms with van der Waals surface area (Å²) in [7, 11) is -8.35. The van der Waals surface area contributed by atoms with Crippen LogP contribution in [0.1, 0.15) is 17.2 Å². The Kier molecular flexibility index (Phi) is 6.11. The molecule has 0 N–H and O–H groups in total. The number of morpholine rings is 1. The number of aromatic nitrogens is 1. The number of ether oxygens (including phenoxy) is 1. The third kappa shape index (κ3) is 3.98. The third-order valence-electron chi connectivity index (χ3n) is 6.03. The van der Waals surface area contributed by atoms with Gasteiger partial charge in [-0.05, 0) is 53.2 Å². The van der Waals surface area contributed by atoms with E-state index in [9.17, 15) is 26.9 Å². The summed E-state index contributed by atoms with van der Waals surface area (Å²) in [5, 5.41) is 11.0. The second kappa shape index (κ2) is 8.88. The number of rotatable bonds is 5. The van der Waals surface area contributed by atoms with Crippen molar-refractivity contribution in [2.24, 2.45) is 0 Å². The van der Waals surface area contributed by atoms with Crippen molar-refractivity contribution in [3.05, 3.63) is 86.5 Å². The fourth-order valence-corrected chi connectivity index (χ4v) is 7.80. The maximum Gasteiger partial charge on any atom is 0.269 e. The number of pyridine rings is 1. The normalized spacial score (nSPS) is 20.1. The van der Waals surface area contributed by atoms with E-state index in [0.29, 0.717) is 10.0 Å². The van der Waals surface area contributed by atoms with Gasteiger partial charge in [0.15, 0.2) is 6.23 Å². The molecule has 2 atom stereocenters. The zero-order valence-corrected chi connectivity index (χ0v) is 21.9. The molecule has 11 nitrogen and oxygen atoms in total. The van der Waals surface area contributed by atoms with Crippen LogP contribution < -0.4 is 4.31 Å². The van der Waals surface area contributed by atoms with E-state index in [0.717, 1.165) is 34.1 Å². The van der Waals surface area contributed by atoms with Crippen molar-refractivity contribution in [3.8, 4) is 0 Å². The van der Waals surface area contributed by atoms with Gasteiger partial charge >= 0.3 is 0 Å². The molecule has 0 radical (unpaired) electrons. The number of hydrogen-bond acceptors (Lipinski definition) is 8. The van der Waals surface area contributed by atoms with E-state index < -0.39 is 37.2 Å². The Balaban J connectivity index is 1.62. The molecule has 0 saturated carbocycles. The topological polar surface area (TPSA) is 140 Å². The van der Waals surface area contributed by atoms with Crippen LogP contribution in [0.5, 0.6) is 0 Å². The van der Waals surface area contributed by atoms with Gasteiger partial charge in [-0.1, -0.05) is 17.7 Å². The lowest BCUT2D eigenvalue weighted by atomic mass is 10.1. The van der Waals surface area contributed by atoms with Gasteiger partial charge in [-0.2, -0.15) is 4.31 Å². The Bertz CT molecular complexity index is 1560. The Hall–Kier alpha value is -2.91. The molecule has 2 aliphatic heterocycles. The predicted molar refractivity (Wildman–Crippen MR) is 132 cm³/mol. The second-order valence-electron chi connectivity index (χ2n) is 8.25. The molecule has 3 aromatic rings. The first-order chi connectivity index (χ1) is 17.0. The van der Waals surface area contributed by atoms with Crippen molar-refractivity contribution >= 4 is 47.5 Å². The number of fused-ring (bicyclic) bond motifs is 3. The zero-order valence-electron chi connectivity index (χ0n) is 18.7. The van der Waals surface area contributed by atoms with E-state index in [2.05, 4.69) is 20.9 Å². The maximum atomic E-state index is 13.7. The molecule has 1 fully saturated rings. The Morgan fingerprint density at radius 1 is 1.03 bits per heavy atom. The lowest BCUT2D eigenvalue weighted by molar-refractivity contribution is -0.384. The second-order valence-corrected chi connectivity index (χ2v) is 12.9. The average Bonchev–Trinajstić information content (AvgIpc) is 3.18. The summed E-state index contributed by atoms with van der Waals surface area (Å²) in [6.07, 6.45) is 0.234. The molecule has 0 aliphatic carbocycles. The maximum absolute atomic E-state index is 13.7. The van der Waals surface area contributed by atoms with Crippen molar-refractivity contribution in [1.29, 1.82) is 0 Å². The molecule has 0 bridgehead atoms. The minimum absolute atomic E-state index is 0.0170. The van der Waals surface area contributed by atoms with Crippen molar-refractivity contribution in [2.45, 2.75) is 29.0 Å². The average molecular weight is 595 g/mol. The minimum Gasteiger partial charge on any atom is -0.354 e. The quantitative estimate of drug-likeness (QED) is 0.323. The molecule has 5 rings (SSSR count).